The van der Waals surface area contributed by atoms with E-state index in [0.717, 1.165) is 25.7 Å². The van der Waals surface area contributed by atoms with E-state index in [1.807, 2.05) is 6.07 Å². The first-order valence-corrected chi connectivity index (χ1v) is 7.30. The van der Waals surface area contributed by atoms with Crippen molar-refractivity contribution in [1.29, 1.82) is 0 Å². The van der Waals surface area contributed by atoms with Crippen LogP contribution in [0.1, 0.15) is 36.0 Å². The molecule has 0 aliphatic heterocycles. The second-order valence-corrected chi connectivity index (χ2v) is 5.74. The summed E-state index contributed by atoms with van der Waals surface area (Å²) in [6, 6.07) is 8.86. The predicted octanol–water partition coefficient (Wildman–Crippen LogP) is 1.18. The van der Waals surface area contributed by atoms with Gasteiger partial charge in [0.1, 0.15) is 0 Å². The van der Waals surface area contributed by atoms with E-state index in [2.05, 4.69) is 5.32 Å². The van der Waals surface area contributed by atoms with Gasteiger partial charge in [0.05, 0.1) is 12.1 Å². The lowest BCUT2D eigenvalue weighted by atomic mass is 10.0. The first-order chi connectivity index (χ1) is 10.0. The SMILES string of the molecule is CN(CC(=O)NCC1(O)CCCC1)C(=O)c1ccccc1. The number of aliphatic hydroxyl groups is 1. The Labute approximate surface area is 125 Å². The van der Waals surface area contributed by atoms with Gasteiger partial charge < -0.3 is 15.3 Å². The number of nitrogens with zero attached hydrogens (tertiary/aromatic N) is 1. The molecular formula is C16H22N2O3. The Hall–Kier alpha value is -1.88. The number of rotatable bonds is 5. The minimum atomic E-state index is -0.766. The topological polar surface area (TPSA) is 69.6 Å². The molecule has 0 heterocycles. The molecule has 1 aliphatic rings. The Balaban J connectivity index is 1.80. The summed E-state index contributed by atoms with van der Waals surface area (Å²) in [6.07, 6.45) is 3.45. The van der Waals surface area contributed by atoms with Crippen molar-refractivity contribution < 1.29 is 14.7 Å². The number of likely N-dealkylation sites (N-methyl/N-ethyl adjacent to an activating group) is 1. The van der Waals surface area contributed by atoms with Crippen LogP contribution in [0, 0.1) is 0 Å². The van der Waals surface area contributed by atoms with Gasteiger partial charge in [0.15, 0.2) is 0 Å². The van der Waals surface area contributed by atoms with E-state index < -0.39 is 5.60 Å². The first kappa shape index (κ1) is 15.5. The number of carbonyl (C=O) groups is 2. The number of hydrogen-bond acceptors (Lipinski definition) is 3. The summed E-state index contributed by atoms with van der Waals surface area (Å²) in [5.41, 5.74) is -0.209. The van der Waals surface area contributed by atoms with E-state index in [1.165, 1.54) is 4.90 Å². The maximum atomic E-state index is 12.1. The van der Waals surface area contributed by atoms with Gasteiger partial charge in [0.25, 0.3) is 5.91 Å². The lowest BCUT2D eigenvalue weighted by Crippen LogP contribution is -2.45. The van der Waals surface area contributed by atoms with Crippen LogP contribution in [0.5, 0.6) is 0 Å². The molecule has 0 unspecified atom stereocenters. The zero-order chi connectivity index (χ0) is 15.3. The molecule has 1 aromatic carbocycles. The van der Waals surface area contributed by atoms with Crippen LogP contribution in [0.4, 0.5) is 0 Å². The molecule has 2 rings (SSSR count). The van der Waals surface area contributed by atoms with Crippen LogP contribution in [0.2, 0.25) is 0 Å². The van der Waals surface area contributed by atoms with E-state index >= 15 is 0 Å². The Morgan fingerprint density at radius 2 is 1.86 bits per heavy atom. The van der Waals surface area contributed by atoms with E-state index in [9.17, 15) is 14.7 Å². The lowest BCUT2D eigenvalue weighted by molar-refractivity contribution is -0.122. The summed E-state index contributed by atoms with van der Waals surface area (Å²) in [5.74, 6) is -0.438. The largest absolute Gasteiger partial charge is 0.388 e. The summed E-state index contributed by atoms with van der Waals surface area (Å²) < 4.78 is 0. The van der Waals surface area contributed by atoms with Gasteiger partial charge >= 0.3 is 0 Å². The van der Waals surface area contributed by atoms with Crippen LogP contribution >= 0.6 is 0 Å². The van der Waals surface area contributed by atoms with Gasteiger partial charge in [0, 0.05) is 19.2 Å². The number of benzene rings is 1. The zero-order valence-corrected chi connectivity index (χ0v) is 12.3. The third-order valence-electron chi connectivity index (χ3n) is 3.90. The van der Waals surface area contributed by atoms with E-state index in [0.29, 0.717) is 5.56 Å². The third kappa shape index (κ3) is 4.29. The minimum Gasteiger partial charge on any atom is -0.388 e. The highest BCUT2D eigenvalue weighted by molar-refractivity contribution is 5.96. The highest BCUT2D eigenvalue weighted by atomic mass is 16.3. The number of nitrogens with one attached hydrogen (secondary N) is 1. The molecule has 1 fully saturated rings. The maximum absolute atomic E-state index is 12.1. The van der Waals surface area contributed by atoms with Crippen molar-refractivity contribution in [3.63, 3.8) is 0 Å². The van der Waals surface area contributed by atoms with Crippen LogP contribution in [0.3, 0.4) is 0 Å². The molecule has 1 aliphatic carbocycles. The van der Waals surface area contributed by atoms with Gasteiger partial charge in [-0.3, -0.25) is 9.59 Å². The highest BCUT2D eigenvalue weighted by Crippen LogP contribution is 2.28. The maximum Gasteiger partial charge on any atom is 0.254 e. The molecule has 2 N–H and O–H groups in total. The molecule has 5 heteroatoms. The van der Waals surface area contributed by atoms with Crippen molar-refractivity contribution in [2.24, 2.45) is 0 Å². The van der Waals surface area contributed by atoms with Crippen LogP contribution in [0.15, 0.2) is 30.3 Å². The molecule has 1 saturated carbocycles. The second-order valence-electron chi connectivity index (χ2n) is 5.74. The molecule has 0 radical (unpaired) electrons. The fourth-order valence-corrected chi connectivity index (χ4v) is 2.62. The summed E-state index contributed by atoms with van der Waals surface area (Å²) in [4.78, 5) is 25.4. The van der Waals surface area contributed by atoms with Gasteiger partial charge in [-0.25, -0.2) is 0 Å². The normalized spacial score (nSPS) is 16.5. The molecule has 0 saturated heterocycles. The Morgan fingerprint density at radius 3 is 2.48 bits per heavy atom. The van der Waals surface area contributed by atoms with E-state index in [-0.39, 0.29) is 24.9 Å². The molecule has 21 heavy (non-hydrogen) atoms. The van der Waals surface area contributed by atoms with Crippen LogP contribution < -0.4 is 5.32 Å². The number of amides is 2. The summed E-state index contributed by atoms with van der Waals surface area (Å²) >= 11 is 0. The fourth-order valence-electron chi connectivity index (χ4n) is 2.62. The molecule has 0 spiro atoms. The van der Waals surface area contributed by atoms with E-state index in [4.69, 9.17) is 0 Å². The number of hydrogen-bond donors (Lipinski definition) is 2. The molecule has 2 amide bonds. The quantitative estimate of drug-likeness (QED) is 0.855. The average molecular weight is 290 g/mol. The molecule has 0 bridgehead atoms. The van der Waals surface area contributed by atoms with Gasteiger partial charge in [-0.15, -0.1) is 0 Å². The Kier molecular flexibility index (Phi) is 4.96. The zero-order valence-electron chi connectivity index (χ0n) is 12.3. The van der Waals surface area contributed by atoms with Crippen molar-refractivity contribution in [3.8, 4) is 0 Å². The van der Waals surface area contributed by atoms with Crippen LogP contribution in [-0.4, -0.2) is 47.6 Å². The lowest BCUT2D eigenvalue weighted by Gasteiger charge is -2.23. The summed E-state index contributed by atoms with van der Waals surface area (Å²) in [7, 11) is 1.60. The molecule has 1 aromatic rings. The standard InChI is InChI=1S/C16H22N2O3/c1-18(15(20)13-7-3-2-4-8-13)11-14(19)17-12-16(21)9-5-6-10-16/h2-4,7-8,21H,5-6,9-12H2,1H3,(H,17,19). The highest BCUT2D eigenvalue weighted by Gasteiger charge is 2.31. The molecule has 114 valence electrons. The van der Waals surface area contributed by atoms with Gasteiger partial charge in [0.2, 0.25) is 5.91 Å². The van der Waals surface area contributed by atoms with Crippen LogP contribution in [0.25, 0.3) is 0 Å². The van der Waals surface area contributed by atoms with Gasteiger partial charge in [-0.1, -0.05) is 31.0 Å². The third-order valence-corrected chi connectivity index (χ3v) is 3.90. The smallest absolute Gasteiger partial charge is 0.254 e. The van der Waals surface area contributed by atoms with Gasteiger partial charge in [-0.05, 0) is 25.0 Å². The molecule has 5 nitrogen and oxygen atoms in total. The Bertz CT molecular complexity index is 496. The van der Waals surface area contributed by atoms with Crippen LogP contribution in [-0.2, 0) is 4.79 Å². The van der Waals surface area contributed by atoms with Crippen molar-refractivity contribution >= 4 is 11.8 Å². The molecular weight excluding hydrogens is 268 g/mol. The summed E-state index contributed by atoms with van der Waals surface area (Å²) in [6.45, 7) is 0.253. The van der Waals surface area contributed by atoms with E-state index in [1.54, 1.807) is 31.3 Å². The predicted molar refractivity (Wildman–Crippen MR) is 79.8 cm³/mol. The average Bonchev–Trinajstić information content (AvgIpc) is 2.92. The minimum absolute atomic E-state index is 0.0101. The van der Waals surface area contributed by atoms with Crippen molar-refractivity contribution in [3.05, 3.63) is 35.9 Å². The second kappa shape index (κ2) is 6.72. The Morgan fingerprint density at radius 1 is 1.24 bits per heavy atom. The van der Waals surface area contributed by atoms with Crippen molar-refractivity contribution in [2.75, 3.05) is 20.1 Å². The fraction of sp³-hybridized carbons (Fsp3) is 0.500. The number of carbonyl (C=O) groups excluding carboxylic acids is 2. The van der Waals surface area contributed by atoms with Crippen molar-refractivity contribution in [2.45, 2.75) is 31.3 Å². The molecule has 0 aromatic heterocycles. The van der Waals surface area contributed by atoms with Gasteiger partial charge in [-0.2, -0.15) is 0 Å². The monoisotopic (exact) mass is 290 g/mol. The van der Waals surface area contributed by atoms with Crippen molar-refractivity contribution in [1.82, 2.24) is 10.2 Å². The molecule has 0 atom stereocenters. The summed E-state index contributed by atoms with van der Waals surface area (Å²) in [5, 5.41) is 12.9. The first-order valence-electron chi connectivity index (χ1n) is 7.30.